The van der Waals surface area contributed by atoms with Crippen LogP contribution >= 0.6 is 12.4 Å². The Morgan fingerprint density at radius 3 is 2.33 bits per heavy atom. The van der Waals surface area contributed by atoms with Gasteiger partial charge in [-0.05, 0) is 38.1 Å². The Kier molecular flexibility index (Phi) is 5.17. The van der Waals surface area contributed by atoms with Gasteiger partial charge in [-0.2, -0.15) is 0 Å². The number of rotatable bonds is 3. The molecule has 1 N–H and O–H groups in total. The number of nitrogens with zero attached hydrogens (tertiary/aromatic N) is 1. The third-order valence-electron chi connectivity index (χ3n) is 3.66. The molecule has 1 saturated heterocycles. The second-order valence-corrected chi connectivity index (χ2v) is 4.94. The molecule has 4 heteroatoms. The number of halogens is 1. The maximum Gasteiger partial charge on any atom is 0.229 e. The Labute approximate surface area is 115 Å². The van der Waals surface area contributed by atoms with Gasteiger partial charge in [0.05, 0.1) is 0 Å². The van der Waals surface area contributed by atoms with Crippen molar-refractivity contribution in [1.29, 1.82) is 0 Å². The van der Waals surface area contributed by atoms with Gasteiger partial charge in [-0.1, -0.05) is 24.6 Å². The zero-order chi connectivity index (χ0) is 12.4. The molecular formula is C14H21ClN2O. The molecule has 1 aromatic carbocycles. The maximum atomic E-state index is 12.3. The van der Waals surface area contributed by atoms with E-state index in [0.717, 1.165) is 18.8 Å². The van der Waals surface area contributed by atoms with Crippen molar-refractivity contribution in [2.24, 2.45) is 11.8 Å². The summed E-state index contributed by atoms with van der Waals surface area (Å²) in [5.74, 6) is 0.804. The van der Waals surface area contributed by atoms with Crippen LogP contribution in [0.5, 0.6) is 0 Å². The molecule has 0 saturated carbocycles. The van der Waals surface area contributed by atoms with Gasteiger partial charge in [-0.15, -0.1) is 12.4 Å². The average molecular weight is 269 g/mol. The van der Waals surface area contributed by atoms with Gasteiger partial charge in [0.1, 0.15) is 0 Å². The minimum Gasteiger partial charge on any atom is -0.316 e. The zero-order valence-corrected chi connectivity index (χ0v) is 12.0. The van der Waals surface area contributed by atoms with Crippen molar-refractivity contribution in [2.45, 2.75) is 13.8 Å². The molecule has 0 spiro atoms. The van der Waals surface area contributed by atoms with Crippen molar-refractivity contribution >= 4 is 24.0 Å². The number of carbonyl (C=O) groups excluding carboxylic acids is 1. The molecule has 1 atom stereocenters. The summed E-state index contributed by atoms with van der Waals surface area (Å²) >= 11 is 0. The molecule has 1 fully saturated rings. The van der Waals surface area contributed by atoms with Crippen molar-refractivity contribution < 1.29 is 4.79 Å². The van der Waals surface area contributed by atoms with Crippen LogP contribution in [0.15, 0.2) is 24.3 Å². The lowest BCUT2D eigenvalue weighted by molar-refractivity contribution is -0.123. The molecular weight excluding hydrogens is 248 g/mol. The van der Waals surface area contributed by atoms with Crippen molar-refractivity contribution in [2.75, 3.05) is 25.0 Å². The van der Waals surface area contributed by atoms with Crippen LogP contribution in [0, 0.1) is 18.8 Å². The SMILES string of the molecule is Cc1ccc(N(C)C(=O)C(C)C2CNC2)cc1.Cl. The smallest absolute Gasteiger partial charge is 0.229 e. The Hall–Kier alpha value is -1.06. The highest BCUT2D eigenvalue weighted by atomic mass is 35.5. The number of nitrogens with one attached hydrogen (secondary N) is 1. The van der Waals surface area contributed by atoms with Gasteiger partial charge < -0.3 is 10.2 Å². The molecule has 1 aromatic rings. The Balaban J connectivity index is 0.00000162. The summed E-state index contributed by atoms with van der Waals surface area (Å²) in [6.45, 7) is 6.01. The lowest BCUT2D eigenvalue weighted by Crippen LogP contribution is -2.50. The number of hydrogen-bond acceptors (Lipinski definition) is 2. The first-order valence-corrected chi connectivity index (χ1v) is 6.14. The van der Waals surface area contributed by atoms with E-state index in [1.807, 2.05) is 45.2 Å². The van der Waals surface area contributed by atoms with Gasteiger partial charge in [0, 0.05) is 18.7 Å². The summed E-state index contributed by atoms with van der Waals surface area (Å²) in [6.07, 6.45) is 0. The quantitative estimate of drug-likeness (QED) is 0.912. The van der Waals surface area contributed by atoms with Gasteiger partial charge >= 0.3 is 0 Å². The highest BCUT2D eigenvalue weighted by molar-refractivity contribution is 5.94. The Morgan fingerprint density at radius 1 is 1.33 bits per heavy atom. The molecule has 100 valence electrons. The maximum absolute atomic E-state index is 12.3. The van der Waals surface area contributed by atoms with Crippen LogP contribution in [0.1, 0.15) is 12.5 Å². The van der Waals surface area contributed by atoms with Crippen LogP contribution in [0.25, 0.3) is 0 Å². The predicted octanol–water partition coefficient (Wildman–Crippen LogP) is 2.24. The zero-order valence-electron chi connectivity index (χ0n) is 11.1. The lowest BCUT2D eigenvalue weighted by Gasteiger charge is -2.34. The predicted molar refractivity (Wildman–Crippen MR) is 77.4 cm³/mol. The van der Waals surface area contributed by atoms with E-state index in [2.05, 4.69) is 5.32 Å². The molecule has 1 aliphatic heterocycles. The van der Waals surface area contributed by atoms with E-state index in [0.29, 0.717) is 5.92 Å². The fraction of sp³-hybridized carbons (Fsp3) is 0.500. The van der Waals surface area contributed by atoms with Gasteiger partial charge in [-0.25, -0.2) is 0 Å². The third-order valence-corrected chi connectivity index (χ3v) is 3.66. The van der Waals surface area contributed by atoms with E-state index in [1.165, 1.54) is 5.56 Å². The molecule has 0 aromatic heterocycles. The standard InChI is InChI=1S/C14H20N2O.ClH/c1-10-4-6-13(7-5-10)16(3)14(17)11(2)12-8-15-9-12;/h4-7,11-12,15H,8-9H2,1-3H3;1H. The monoisotopic (exact) mass is 268 g/mol. The van der Waals surface area contributed by atoms with Crippen molar-refractivity contribution in [3.63, 3.8) is 0 Å². The molecule has 1 heterocycles. The minimum absolute atomic E-state index is 0. The van der Waals surface area contributed by atoms with Gasteiger partial charge in [-0.3, -0.25) is 4.79 Å². The number of anilines is 1. The summed E-state index contributed by atoms with van der Waals surface area (Å²) < 4.78 is 0. The topological polar surface area (TPSA) is 32.3 Å². The molecule has 1 aliphatic rings. The molecule has 1 unspecified atom stereocenters. The van der Waals surface area contributed by atoms with Crippen LogP contribution in [0.2, 0.25) is 0 Å². The highest BCUT2D eigenvalue weighted by Gasteiger charge is 2.30. The minimum atomic E-state index is 0. The Morgan fingerprint density at radius 2 is 1.89 bits per heavy atom. The number of aryl methyl sites for hydroxylation is 1. The van der Waals surface area contributed by atoms with E-state index in [-0.39, 0.29) is 24.2 Å². The van der Waals surface area contributed by atoms with Crippen LogP contribution < -0.4 is 10.2 Å². The number of hydrogen-bond donors (Lipinski definition) is 1. The van der Waals surface area contributed by atoms with Crippen molar-refractivity contribution in [1.82, 2.24) is 5.32 Å². The van der Waals surface area contributed by atoms with E-state index in [4.69, 9.17) is 0 Å². The summed E-state index contributed by atoms with van der Waals surface area (Å²) in [4.78, 5) is 14.0. The van der Waals surface area contributed by atoms with Crippen LogP contribution in [0.4, 0.5) is 5.69 Å². The van der Waals surface area contributed by atoms with E-state index < -0.39 is 0 Å². The molecule has 1 amide bonds. The van der Waals surface area contributed by atoms with E-state index in [9.17, 15) is 4.79 Å². The van der Waals surface area contributed by atoms with Crippen molar-refractivity contribution in [3.8, 4) is 0 Å². The summed E-state index contributed by atoms with van der Waals surface area (Å²) in [7, 11) is 1.86. The number of benzene rings is 1. The molecule has 18 heavy (non-hydrogen) atoms. The molecule has 0 aliphatic carbocycles. The van der Waals surface area contributed by atoms with E-state index in [1.54, 1.807) is 4.90 Å². The van der Waals surface area contributed by atoms with Crippen LogP contribution in [-0.4, -0.2) is 26.0 Å². The second-order valence-electron chi connectivity index (χ2n) is 4.94. The summed E-state index contributed by atoms with van der Waals surface area (Å²) in [6, 6.07) is 8.07. The summed E-state index contributed by atoms with van der Waals surface area (Å²) in [5.41, 5.74) is 2.19. The fourth-order valence-electron chi connectivity index (χ4n) is 2.07. The van der Waals surface area contributed by atoms with Gasteiger partial charge in [0.2, 0.25) is 5.91 Å². The van der Waals surface area contributed by atoms with Crippen LogP contribution in [-0.2, 0) is 4.79 Å². The highest BCUT2D eigenvalue weighted by Crippen LogP contribution is 2.21. The lowest BCUT2D eigenvalue weighted by atomic mass is 9.88. The number of amides is 1. The van der Waals surface area contributed by atoms with E-state index >= 15 is 0 Å². The molecule has 0 bridgehead atoms. The molecule has 0 radical (unpaired) electrons. The van der Waals surface area contributed by atoms with Gasteiger partial charge in [0.15, 0.2) is 0 Å². The normalized spacial score (nSPS) is 16.4. The third kappa shape index (κ3) is 3.03. The molecule has 2 rings (SSSR count). The fourth-order valence-corrected chi connectivity index (χ4v) is 2.07. The van der Waals surface area contributed by atoms with Crippen LogP contribution in [0.3, 0.4) is 0 Å². The first kappa shape index (κ1) is 15.0. The number of carbonyl (C=O) groups is 1. The average Bonchev–Trinajstić information content (AvgIpc) is 2.25. The summed E-state index contributed by atoms with van der Waals surface area (Å²) in [5, 5.41) is 3.21. The first-order chi connectivity index (χ1) is 8.09. The van der Waals surface area contributed by atoms with Crippen molar-refractivity contribution in [3.05, 3.63) is 29.8 Å². The van der Waals surface area contributed by atoms with Gasteiger partial charge in [0.25, 0.3) is 0 Å². The largest absolute Gasteiger partial charge is 0.316 e. The Bertz CT molecular complexity index is 401. The first-order valence-electron chi connectivity index (χ1n) is 6.14. The molecule has 3 nitrogen and oxygen atoms in total. The second kappa shape index (κ2) is 6.21.